The first-order valence-corrected chi connectivity index (χ1v) is 7.21. The number of nitrogens with one attached hydrogen (secondary N) is 1. The lowest BCUT2D eigenvalue weighted by Gasteiger charge is -2.11. The molecule has 6 heteroatoms. The number of rotatable bonds is 10. The highest BCUT2D eigenvalue weighted by Gasteiger charge is 2.11. The van der Waals surface area contributed by atoms with Gasteiger partial charge in [0.15, 0.2) is 0 Å². The van der Waals surface area contributed by atoms with Gasteiger partial charge in [0.2, 0.25) is 5.91 Å². The molecular formula is C11H22N2O3S. The lowest BCUT2D eigenvalue weighted by molar-refractivity contribution is -0.137. The molecule has 0 heterocycles. The van der Waals surface area contributed by atoms with E-state index < -0.39 is 12.0 Å². The number of carboxylic acids is 1. The van der Waals surface area contributed by atoms with Gasteiger partial charge < -0.3 is 16.2 Å². The zero-order valence-corrected chi connectivity index (χ0v) is 11.1. The summed E-state index contributed by atoms with van der Waals surface area (Å²) < 4.78 is 0. The molecule has 5 nitrogen and oxygen atoms in total. The molecule has 0 rings (SSSR count). The van der Waals surface area contributed by atoms with Crippen LogP contribution in [0.3, 0.4) is 0 Å². The smallest absolute Gasteiger partial charge is 0.303 e. The predicted octanol–water partition coefficient (Wildman–Crippen LogP) is 0.828. The van der Waals surface area contributed by atoms with E-state index in [1.165, 1.54) is 0 Å². The van der Waals surface area contributed by atoms with Crippen molar-refractivity contribution < 1.29 is 14.7 Å². The van der Waals surface area contributed by atoms with Gasteiger partial charge in [-0.05, 0) is 31.3 Å². The second-order valence-corrected chi connectivity index (χ2v) is 4.87. The molecule has 1 amide bonds. The van der Waals surface area contributed by atoms with Gasteiger partial charge in [-0.3, -0.25) is 9.59 Å². The average Bonchev–Trinajstić information content (AvgIpc) is 2.29. The van der Waals surface area contributed by atoms with Crippen LogP contribution in [0.1, 0.15) is 32.1 Å². The fourth-order valence-corrected chi connectivity index (χ4v) is 1.79. The Kier molecular flexibility index (Phi) is 9.95. The molecule has 0 spiro atoms. The Morgan fingerprint density at radius 2 is 2.06 bits per heavy atom. The molecule has 0 aliphatic heterocycles. The Hall–Kier alpha value is -0.750. The van der Waals surface area contributed by atoms with Crippen molar-refractivity contribution in [1.29, 1.82) is 0 Å². The summed E-state index contributed by atoms with van der Waals surface area (Å²) in [4.78, 5) is 21.7. The van der Waals surface area contributed by atoms with Crippen molar-refractivity contribution in [2.45, 2.75) is 38.1 Å². The predicted molar refractivity (Wildman–Crippen MR) is 70.1 cm³/mol. The minimum absolute atomic E-state index is 0.114. The standard InChI is InChI=1S/C11H22N2O3S/c1-17-8-6-9(12)11(16)13-7-4-2-3-5-10(14)15/h9H,2-8,12H2,1H3,(H,13,16)(H,14,15)/t9-/m1/s1. The van der Waals surface area contributed by atoms with Crippen molar-refractivity contribution in [1.82, 2.24) is 5.32 Å². The number of hydrogen-bond donors (Lipinski definition) is 3. The lowest BCUT2D eigenvalue weighted by atomic mass is 10.2. The maximum atomic E-state index is 11.5. The monoisotopic (exact) mass is 262 g/mol. The number of hydrogen-bond acceptors (Lipinski definition) is 4. The van der Waals surface area contributed by atoms with Gasteiger partial charge in [0.05, 0.1) is 6.04 Å². The van der Waals surface area contributed by atoms with E-state index >= 15 is 0 Å². The molecule has 1 atom stereocenters. The van der Waals surface area contributed by atoms with Crippen LogP contribution in [0.5, 0.6) is 0 Å². The molecule has 0 aliphatic carbocycles. The zero-order valence-electron chi connectivity index (χ0n) is 10.3. The summed E-state index contributed by atoms with van der Waals surface area (Å²) in [7, 11) is 0. The second kappa shape index (κ2) is 10.4. The highest BCUT2D eigenvalue weighted by atomic mass is 32.2. The number of unbranched alkanes of at least 4 members (excludes halogenated alkanes) is 2. The second-order valence-electron chi connectivity index (χ2n) is 3.88. The van der Waals surface area contributed by atoms with Crippen LogP contribution in [0, 0.1) is 0 Å². The fourth-order valence-electron chi connectivity index (χ4n) is 1.30. The van der Waals surface area contributed by atoms with Crippen LogP contribution in [0.25, 0.3) is 0 Å². The number of thioether (sulfide) groups is 1. The summed E-state index contributed by atoms with van der Waals surface area (Å²) in [6.45, 7) is 0.575. The Balaban J connectivity index is 3.41. The molecule has 4 N–H and O–H groups in total. The van der Waals surface area contributed by atoms with Crippen molar-refractivity contribution in [2.24, 2.45) is 5.73 Å². The van der Waals surface area contributed by atoms with Crippen molar-refractivity contribution in [3.8, 4) is 0 Å². The Bertz CT molecular complexity index is 237. The average molecular weight is 262 g/mol. The number of amides is 1. The number of nitrogens with two attached hydrogens (primary N) is 1. The van der Waals surface area contributed by atoms with E-state index in [1.54, 1.807) is 11.8 Å². The van der Waals surface area contributed by atoms with Crippen molar-refractivity contribution in [2.75, 3.05) is 18.6 Å². The van der Waals surface area contributed by atoms with Gasteiger partial charge in [-0.25, -0.2) is 0 Å². The third kappa shape index (κ3) is 10.1. The Labute approximate surface area is 107 Å². The van der Waals surface area contributed by atoms with E-state index in [9.17, 15) is 9.59 Å². The summed E-state index contributed by atoms with van der Waals surface area (Å²) in [5.74, 6) is -0.00174. The number of carbonyl (C=O) groups excluding carboxylic acids is 1. The number of aliphatic carboxylic acids is 1. The van der Waals surface area contributed by atoms with Crippen molar-refractivity contribution in [3.63, 3.8) is 0 Å². The van der Waals surface area contributed by atoms with Crippen LogP contribution < -0.4 is 11.1 Å². The van der Waals surface area contributed by atoms with Gasteiger partial charge in [0.1, 0.15) is 0 Å². The van der Waals surface area contributed by atoms with Crippen molar-refractivity contribution >= 4 is 23.6 Å². The molecule has 0 fully saturated rings. The topological polar surface area (TPSA) is 92.4 Å². The summed E-state index contributed by atoms with van der Waals surface area (Å²) >= 11 is 1.67. The minimum atomic E-state index is -0.770. The molecule has 17 heavy (non-hydrogen) atoms. The van der Waals surface area contributed by atoms with Crippen LogP contribution in [-0.2, 0) is 9.59 Å². The molecule has 0 aromatic carbocycles. The van der Waals surface area contributed by atoms with Gasteiger partial charge in [0.25, 0.3) is 0 Å². The van der Waals surface area contributed by atoms with Gasteiger partial charge in [-0.2, -0.15) is 11.8 Å². The van der Waals surface area contributed by atoms with Gasteiger partial charge >= 0.3 is 5.97 Å². The summed E-state index contributed by atoms with van der Waals surface area (Å²) in [5.41, 5.74) is 5.68. The molecule has 0 radical (unpaired) electrons. The summed E-state index contributed by atoms with van der Waals surface area (Å²) in [6, 6.07) is -0.429. The fraction of sp³-hybridized carbons (Fsp3) is 0.818. The van der Waals surface area contributed by atoms with E-state index in [0.717, 1.165) is 18.6 Å². The quantitative estimate of drug-likeness (QED) is 0.507. The maximum Gasteiger partial charge on any atom is 0.303 e. The molecule has 0 aliphatic rings. The highest BCUT2D eigenvalue weighted by molar-refractivity contribution is 7.98. The number of carboxylic acid groups (broad SMARTS) is 1. The first kappa shape index (κ1) is 16.2. The number of carbonyl (C=O) groups is 2. The zero-order chi connectivity index (χ0) is 13.1. The van der Waals surface area contributed by atoms with E-state index in [1.807, 2.05) is 6.26 Å². The van der Waals surface area contributed by atoms with E-state index in [-0.39, 0.29) is 12.3 Å². The van der Waals surface area contributed by atoms with Gasteiger partial charge in [0, 0.05) is 13.0 Å². The van der Waals surface area contributed by atoms with E-state index in [2.05, 4.69) is 5.32 Å². The molecule has 0 aromatic rings. The summed E-state index contributed by atoms with van der Waals surface area (Å²) in [5, 5.41) is 11.2. The molecule has 100 valence electrons. The molecule has 0 saturated heterocycles. The molecule has 0 unspecified atom stereocenters. The molecule has 0 saturated carbocycles. The minimum Gasteiger partial charge on any atom is -0.481 e. The van der Waals surface area contributed by atoms with Gasteiger partial charge in [-0.15, -0.1) is 0 Å². The molecule has 0 aromatic heterocycles. The van der Waals surface area contributed by atoms with E-state index in [4.69, 9.17) is 10.8 Å². The SMILES string of the molecule is CSCC[C@@H](N)C(=O)NCCCCCC(=O)O. The van der Waals surface area contributed by atoms with Crippen LogP contribution in [0.15, 0.2) is 0 Å². The first-order chi connectivity index (χ1) is 8.07. The third-order valence-electron chi connectivity index (χ3n) is 2.34. The van der Waals surface area contributed by atoms with Crippen molar-refractivity contribution in [3.05, 3.63) is 0 Å². The Morgan fingerprint density at radius 1 is 1.35 bits per heavy atom. The van der Waals surface area contributed by atoms with Crippen LogP contribution >= 0.6 is 11.8 Å². The third-order valence-corrected chi connectivity index (χ3v) is 2.98. The van der Waals surface area contributed by atoms with E-state index in [0.29, 0.717) is 19.4 Å². The van der Waals surface area contributed by atoms with Crippen LogP contribution in [-0.4, -0.2) is 41.6 Å². The maximum absolute atomic E-state index is 11.5. The van der Waals surface area contributed by atoms with Gasteiger partial charge in [-0.1, -0.05) is 6.42 Å². The normalized spacial score (nSPS) is 12.1. The Morgan fingerprint density at radius 3 is 2.65 bits per heavy atom. The molecule has 0 bridgehead atoms. The largest absolute Gasteiger partial charge is 0.481 e. The first-order valence-electron chi connectivity index (χ1n) is 5.82. The highest BCUT2D eigenvalue weighted by Crippen LogP contribution is 2.00. The van der Waals surface area contributed by atoms with Crippen LogP contribution in [0.2, 0.25) is 0 Å². The lowest BCUT2D eigenvalue weighted by Crippen LogP contribution is -2.41. The van der Waals surface area contributed by atoms with Crippen LogP contribution in [0.4, 0.5) is 0 Å². The molecular weight excluding hydrogens is 240 g/mol. The summed E-state index contributed by atoms with van der Waals surface area (Å²) in [6.07, 6.45) is 5.13.